The van der Waals surface area contributed by atoms with E-state index in [9.17, 15) is 9.59 Å². The van der Waals surface area contributed by atoms with E-state index in [1.807, 2.05) is 36.4 Å². The van der Waals surface area contributed by atoms with Crippen molar-refractivity contribution in [1.29, 1.82) is 0 Å². The lowest BCUT2D eigenvalue weighted by Crippen LogP contribution is -2.30. The lowest BCUT2D eigenvalue weighted by molar-refractivity contribution is -0.153. The molecule has 1 amide bonds. The third kappa shape index (κ3) is 6.24. The SMILES string of the molecule is CC[C@H](C)c1ccccc1NC(=O)[C@H](C)OC(=O)CCc1ccc(OC)c(OC)c1. The zero-order valence-electron chi connectivity index (χ0n) is 18.4. The molecular weight excluding hydrogens is 382 g/mol. The highest BCUT2D eigenvalue weighted by molar-refractivity contribution is 5.95. The molecule has 0 heterocycles. The van der Waals surface area contributed by atoms with E-state index in [-0.39, 0.29) is 12.3 Å². The highest BCUT2D eigenvalue weighted by Gasteiger charge is 2.20. The van der Waals surface area contributed by atoms with Crippen molar-refractivity contribution in [3.63, 3.8) is 0 Å². The van der Waals surface area contributed by atoms with Crippen molar-refractivity contribution in [2.24, 2.45) is 0 Å². The maximum Gasteiger partial charge on any atom is 0.306 e. The van der Waals surface area contributed by atoms with E-state index in [1.165, 1.54) is 0 Å². The molecule has 0 unspecified atom stereocenters. The Morgan fingerprint density at radius 2 is 1.70 bits per heavy atom. The molecule has 0 aliphatic heterocycles. The molecule has 0 fully saturated rings. The molecule has 0 radical (unpaired) electrons. The molecule has 0 bridgehead atoms. The first-order chi connectivity index (χ1) is 14.4. The lowest BCUT2D eigenvalue weighted by Gasteiger charge is -2.18. The molecule has 0 saturated heterocycles. The summed E-state index contributed by atoms with van der Waals surface area (Å²) >= 11 is 0. The van der Waals surface area contributed by atoms with Gasteiger partial charge >= 0.3 is 5.97 Å². The summed E-state index contributed by atoms with van der Waals surface area (Å²) in [7, 11) is 3.14. The molecule has 2 atom stereocenters. The number of hydrogen-bond acceptors (Lipinski definition) is 5. The summed E-state index contributed by atoms with van der Waals surface area (Å²) in [6.45, 7) is 5.80. The van der Waals surface area contributed by atoms with Crippen LogP contribution in [-0.2, 0) is 20.7 Å². The van der Waals surface area contributed by atoms with Crippen molar-refractivity contribution in [3.8, 4) is 11.5 Å². The molecule has 2 aromatic carbocycles. The predicted octanol–water partition coefficient (Wildman–Crippen LogP) is 4.72. The summed E-state index contributed by atoms with van der Waals surface area (Å²) in [6, 6.07) is 13.2. The van der Waals surface area contributed by atoms with Gasteiger partial charge in [-0.1, -0.05) is 38.1 Å². The third-order valence-electron chi connectivity index (χ3n) is 5.11. The molecule has 1 N–H and O–H groups in total. The van der Waals surface area contributed by atoms with Crippen molar-refractivity contribution in [2.45, 2.75) is 52.1 Å². The van der Waals surface area contributed by atoms with Gasteiger partial charge in [0.15, 0.2) is 17.6 Å². The van der Waals surface area contributed by atoms with Gasteiger partial charge in [0, 0.05) is 12.1 Å². The smallest absolute Gasteiger partial charge is 0.306 e. The van der Waals surface area contributed by atoms with E-state index in [0.29, 0.717) is 23.8 Å². The van der Waals surface area contributed by atoms with Crippen molar-refractivity contribution < 1.29 is 23.8 Å². The molecule has 2 rings (SSSR count). The maximum absolute atomic E-state index is 12.5. The van der Waals surface area contributed by atoms with Gasteiger partial charge in [0.2, 0.25) is 0 Å². The van der Waals surface area contributed by atoms with Gasteiger partial charge in [0.05, 0.1) is 14.2 Å². The van der Waals surface area contributed by atoms with Crippen molar-refractivity contribution in [2.75, 3.05) is 19.5 Å². The lowest BCUT2D eigenvalue weighted by atomic mass is 9.97. The first-order valence-corrected chi connectivity index (χ1v) is 10.2. The summed E-state index contributed by atoms with van der Waals surface area (Å²) in [5.74, 6) is 0.789. The van der Waals surface area contributed by atoms with Gasteiger partial charge in [0.25, 0.3) is 5.91 Å². The van der Waals surface area contributed by atoms with Gasteiger partial charge in [-0.2, -0.15) is 0 Å². The van der Waals surface area contributed by atoms with Crippen molar-refractivity contribution in [3.05, 3.63) is 53.6 Å². The second-order valence-electron chi connectivity index (χ2n) is 7.21. The van der Waals surface area contributed by atoms with Gasteiger partial charge in [-0.3, -0.25) is 9.59 Å². The van der Waals surface area contributed by atoms with Crippen LogP contribution in [-0.4, -0.2) is 32.2 Å². The Morgan fingerprint density at radius 1 is 1.00 bits per heavy atom. The average Bonchev–Trinajstić information content (AvgIpc) is 2.77. The van der Waals surface area contributed by atoms with Crippen LogP contribution in [0.5, 0.6) is 11.5 Å². The van der Waals surface area contributed by atoms with Crippen molar-refractivity contribution in [1.82, 2.24) is 0 Å². The van der Waals surface area contributed by atoms with Crippen LogP contribution in [0.15, 0.2) is 42.5 Å². The number of aryl methyl sites for hydroxylation is 1. The Morgan fingerprint density at radius 3 is 2.37 bits per heavy atom. The minimum Gasteiger partial charge on any atom is -0.493 e. The number of para-hydroxylation sites is 1. The molecule has 0 spiro atoms. The standard InChI is InChI=1S/C24H31NO5/c1-6-16(2)19-9-7-8-10-20(19)25-24(27)17(3)30-23(26)14-12-18-11-13-21(28-4)22(15-18)29-5/h7-11,13,15-17H,6,12,14H2,1-5H3,(H,25,27)/t16-,17-/m0/s1. The van der Waals surface area contributed by atoms with Gasteiger partial charge in [-0.25, -0.2) is 0 Å². The second kappa shape index (κ2) is 11.2. The number of amides is 1. The number of methoxy groups -OCH3 is 2. The largest absolute Gasteiger partial charge is 0.493 e. The van der Waals surface area contributed by atoms with E-state index in [1.54, 1.807) is 27.2 Å². The number of carbonyl (C=O) groups is 2. The Labute approximate surface area is 178 Å². The fraction of sp³-hybridized carbons (Fsp3) is 0.417. The molecular formula is C24H31NO5. The maximum atomic E-state index is 12.5. The Hall–Kier alpha value is -3.02. The van der Waals surface area contributed by atoms with Crippen LogP contribution in [0.3, 0.4) is 0 Å². The monoisotopic (exact) mass is 413 g/mol. The number of rotatable bonds is 10. The quantitative estimate of drug-likeness (QED) is 0.571. The van der Waals surface area contributed by atoms with Crippen LogP contribution < -0.4 is 14.8 Å². The van der Waals surface area contributed by atoms with Gasteiger partial charge < -0.3 is 19.5 Å². The van der Waals surface area contributed by atoms with E-state index >= 15 is 0 Å². The van der Waals surface area contributed by atoms with E-state index in [4.69, 9.17) is 14.2 Å². The molecule has 0 aromatic heterocycles. The minimum absolute atomic E-state index is 0.163. The summed E-state index contributed by atoms with van der Waals surface area (Å²) in [4.78, 5) is 24.7. The molecule has 30 heavy (non-hydrogen) atoms. The molecule has 6 heteroatoms. The topological polar surface area (TPSA) is 73.9 Å². The number of ether oxygens (including phenoxy) is 3. The van der Waals surface area contributed by atoms with Crippen LogP contribution in [0.25, 0.3) is 0 Å². The summed E-state index contributed by atoms with van der Waals surface area (Å²) in [5, 5.41) is 2.89. The highest BCUT2D eigenvalue weighted by atomic mass is 16.5. The zero-order chi connectivity index (χ0) is 22.1. The van der Waals surface area contributed by atoms with Crippen LogP contribution in [0.4, 0.5) is 5.69 Å². The molecule has 2 aromatic rings. The number of benzene rings is 2. The zero-order valence-corrected chi connectivity index (χ0v) is 18.4. The third-order valence-corrected chi connectivity index (χ3v) is 5.11. The van der Waals surface area contributed by atoms with Crippen LogP contribution in [0.1, 0.15) is 50.7 Å². The Balaban J connectivity index is 1.91. The minimum atomic E-state index is -0.882. The van der Waals surface area contributed by atoms with Crippen LogP contribution in [0.2, 0.25) is 0 Å². The molecule has 6 nitrogen and oxygen atoms in total. The van der Waals surface area contributed by atoms with E-state index in [2.05, 4.69) is 19.2 Å². The predicted molar refractivity (Wildman–Crippen MR) is 117 cm³/mol. The highest BCUT2D eigenvalue weighted by Crippen LogP contribution is 2.28. The summed E-state index contributed by atoms with van der Waals surface area (Å²) in [5.41, 5.74) is 2.74. The number of hydrogen-bond donors (Lipinski definition) is 1. The number of esters is 1. The Bertz CT molecular complexity index is 864. The fourth-order valence-electron chi connectivity index (χ4n) is 3.09. The van der Waals surface area contributed by atoms with E-state index in [0.717, 1.165) is 23.2 Å². The Kier molecular flexibility index (Phi) is 8.71. The normalized spacial score (nSPS) is 12.6. The first-order valence-electron chi connectivity index (χ1n) is 10.2. The molecule has 0 saturated carbocycles. The van der Waals surface area contributed by atoms with Gasteiger partial charge in [-0.05, 0) is 55.0 Å². The van der Waals surface area contributed by atoms with Crippen LogP contribution >= 0.6 is 0 Å². The van der Waals surface area contributed by atoms with Crippen LogP contribution in [0, 0.1) is 0 Å². The molecule has 0 aliphatic rings. The molecule has 162 valence electrons. The fourth-order valence-corrected chi connectivity index (χ4v) is 3.09. The van der Waals surface area contributed by atoms with Crippen molar-refractivity contribution >= 4 is 17.6 Å². The molecule has 0 aliphatic carbocycles. The summed E-state index contributed by atoms with van der Waals surface area (Å²) < 4.78 is 15.8. The van der Waals surface area contributed by atoms with E-state index < -0.39 is 12.1 Å². The number of anilines is 1. The number of nitrogens with one attached hydrogen (secondary N) is 1. The average molecular weight is 414 g/mol. The van der Waals surface area contributed by atoms with Gasteiger partial charge in [0.1, 0.15) is 0 Å². The first kappa shape index (κ1) is 23.3. The summed E-state index contributed by atoms with van der Waals surface area (Å²) in [6.07, 6.45) is 0.724. The van der Waals surface area contributed by atoms with Gasteiger partial charge in [-0.15, -0.1) is 0 Å². The second-order valence-corrected chi connectivity index (χ2v) is 7.21. The number of carbonyl (C=O) groups excluding carboxylic acids is 2.